The van der Waals surface area contributed by atoms with Gasteiger partial charge in [-0.15, -0.1) is 0 Å². The molecule has 122 valence electrons. The summed E-state index contributed by atoms with van der Waals surface area (Å²) in [5, 5.41) is 5.33. The van der Waals surface area contributed by atoms with Gasteiger partial charge in [-0.2, -0.15) is 0 Å². The van der Waals surface area contributed by atoms with E-state index in [4.69, 9.17) is 0 Å². The van der Waals surface area contributed by atoms with Crippen molar-refractivity contribution in [2.75, 3.05) is 5.32 Å². The molecular formula is C18H18N4O2. The average Bonchev–Trinajstić information content (AvgIpc) is 2.99. The van der Waals surface area contributed by atoms with Crippen LogP contribution < -0.4 is 10.6 Å². The number of amides is 2. The van der Waals surface area contributed by atoms with Crippen molar-refractivity contribution in [3.8, 4) is 5.69 Å². The molecular weight excluding hydrogens is 304 g/mol. The van der Waals surface area contributed by atoms with Crippen LogP contribution >= 0.6 is 0 Å². The quantitative estimate of drug-likeness (QED) is 0.775. The molecule has 6 nitrogen and oxygen atoms in total. The van der Waals surface area contributed by atoms with Crippen LogP contribution in [0.1, 0.15) is 13.8 Å². The summed E-state index contributed by atoms with van der Waals surface area (Å²) in [6.45, 7) is 3.02. The lowest BCUT2D eigenvalue weighted by atomic mass is 10.2. The van der Waals surface area contributed by atoms with E-state index in [1.54, 1.807) is 13.3 Å². The average molecular weight is 322 g/mol. The van der Waals surface area contributed by atoms with Gasteiger partial charge in [-0.3, -0.25) is 14.2 Å². The minimum Gasteiger partial charge on any atom is -0.345 e. The van der Waals surface area contributed by atoms with E-state index in [1.807, 2.05) is 53.1 Å². The van der Waals surface area contributed by atoms with E-state index in [9.17, 15) is 9.59 Å². The molecule has 1 atom stereocenters. The van der Waals surface area contributed by atoms with Crippen molar-refractivity contribution >= 4 is 28.5 Å². The second-order valence-corrected chi connectivity index (χ2v) is 5.56. The fourth-order valence-corrected chi connectivity index (χ4v) is 2.49. The van der Waals surface area contributed by atoms with Crippen molar-refractivity contribution in [1.82, 2.24) is 14.9 Å². The highest BCUT2D eigenvalue weighted by molar-refractivity contribution is 5.96. The summed E-state index contributed by atoms with van der Waals surface area (Å²) >= 11 is 0. The SMILES string of the molecule is CC(=O)NC(C)C(=O)Nc1ccc(-n2cnc3ccccc32)cc1. The third-order valence-corrected chi connectivity index (χ3v) is 3.68. The van der Waals surface area contributed by atoms with Crippen molar-refractivity contribution in [3.63, 3.8) is 0 Å². The summed E-state index contributed by atoms with van der Waals surface area (Å²) in [5.74, 6) is -0.494. The molecule has 1 heterocycles. The van der Waals surface area contributed by atoms with Gasteiger partial charge < -0.3 is 10.6 Å². The number of nitrogens with zero attached hydrogens (tertiary/aromatic N) is 2. The van der Waals surface area contributed by atoms with Crippen molar-refractivity contribution in [3.05, 3.63) is 54.9 Å². The number of para-hydroxylation sites is 2. The first kappa shape index (κ1) is 15.7. The molecule has 1 aromatic heterocycles. The van der Waals surface area contributed by atoms with E-state index < -0.39 is 6.04 Å². The van der Waals surface area contributed by atoms with Crippen LogP contribution in [0, 0.1) is 0 Å². The number of benzene rings is 2. The van der Waals surface area contributed by atoms with E-state index >= 15 is 0 Å². The lowest BCUT2D eigenvalue weighted by Gasteiger charge is -2.13. The van der Waals surface area contributed by atoms with Crippen molar-refractivity contribution in [2.24, 2.45) is 0 Å². The predicted octanol–water partition coefficient (Wildman–Crippen LogP) is 2.49. The van der Waals surface area contributed by atoms with Gasteiger partial charge in [-0.1, -0.05) is 12.1 Å². The lowest BCUT2D eigenvalue weighted by molar-refractivity contribution is -0.124. The molecule has 0 bridgehead atoms. The fourth-order valence-electron chi connectivity index (χ4n) is 2.49. The highest BCUT2D eigenvalue weighted by Crippen LogP contribution is 2.19. The summed E-state index contributed by atoms with van der Waals surface area (Å²) in [6, 6.07) is 14.8. The molecule has 1 unspecified atom stereocenters. The molecule has 0 radical (unpaired) electrons. The number of fused-ring (bicyclic) bond motifs is 1. The van der Waals surface area contributed by atoms with Gasteiger partial charge in [-0.25, -0.2) is 4.98 Å². The van der Waals surface area contributed by atoms with Crippen LogP contribution in [-0.4, -0.2) is 27.4 Å². The fraction of sp³-hybridized carbons (Fsp3) is 0.167. The summed E-state index contributed by atoms with van der Waals surface area (Å²) < 4.78 is 1.99. The Bertz CT molecular complexity index is 883. The van der Waals surface area contributed by atoms with Gasteiger partial charge in [0.05, 0.1) is 11.0 Å². The van der Waals surface area contributed by atoms with Crippen LogP contribution in [0.5, 0.6) is 0 Å². The minimum absolute atomic E-state index is 0.236. The number of rotatable bonds is 4. The zero-order valence-electron chi connectivity index (χ0n) is 13.5. The molecule has 0 aliphatic heterocycles. The first-order chi connectivity index (χ1) is 11.5. The van der Waals surface area contributed by atoms with Gasteiger partial charge in [0, 0.05) is 18.3 Å². The molecule has 0 saturated carbocycles. The Morgan fingerprint density at radius 3 is 2.50 bits per heavy atom. The third kappa shape index (κ3) is 3.27. The number of carbonyl (C=O) groups excluding carboxylic acids is 2. The molecule has 0 fully saturated rings. The van der Waals surface area contributed by atoms with Gasteiger partial charge in [0.15, 0.2) is 0 Å². The standard InChI is InChI=1S/C18H18N4O2/c1-12(20-13(2)23)18(24)21-14-7-9-15(10-8-14)22-11-19-16-5-3-4-6-17(16)22/h3-12H,1-2H3,(H,20,23)(H,21,24). The van der Waals surface area contributed by atoms with Crippen molar-refractivity contribution in [2.45, 2.75) is 19.9 Å². The second-order valence-electron chi connectivity index (χ2n) is 5.56. The van der Waals surface area contributed by atoms with Crippen LogP contribution in [-0.2, 0) is 9.59 Å². The monoisotopic (exact) mass is 322 g/mol. The maximum Gasteiger partial charge on any atom is 0.246 e. The molecule has 0 aliphatic rings. The Kier molecular flexibility index (Phi) is 4.29. The predicted molar refractivity (Wildman–Crippen MR) is 93.0 cm³/mol. The maximum absolute atomic E-state index is 12.0. The summed E-state index contributed by atoms with van der Waals surface area (Å²) in [6.07, 6.45) is 1.77. The normalized spacial score (nSPS) is 11.9. The highest BCUT2D eigenvalue weighted by Gasteiger charge is 2.13. The summed E-state index contributed by atoms with van der Waals surface area (Å²) in [7, 11) is 0. The smallest absolute Gasteiger partial charge is 0.246 e. The zero-order valence-corrected chi connectivity index (χ0v) is 13.5. The summed E-state index contributed by atoms with van der Waals surface area (Å²) in [5.41, 5.74) is 3.58. The van der Waals surface area contributed by atoms with Crippen LogP contribution in [0.4, 0.5) is 5.69 Å². The second kappa shape index (κ2) is 6.54. The van der Waals surface area contributed by atoms with Gasteiger partial charge in [0.2, 0.25) is 11.8 Å². The number of carbonyl (C=O) groups is 2. The van der Waals surface area contributed by atoms with Crippen molar-refractivity contribution in [1.29, 1.82) is 0 Å². The maximum atomic E-state index is 12.0. The molecule has 6 heteroatoms. The Labute approximate surface area is 139 Å². The Morgan fingerprint density at radius 2 is 1.79 bits per heavy atom. The van der Waals surface area contributed by atoms with Gasteiger partial charge in [0.25, 0.3) is 0 Å². The Hall–Kier alpha value is -3.15. The molecule has 0 saturated heterocycles. The van der Waals surface area contributed by atoms with Crippen molar-refractivity contribution < 1.29 is 9.59 Å². The molecule has 2 aromatic carbocycles. The molecule has 2 amide bonds. The van der Waals surface area contributed by atoms with E-state index in [2.05, 4.69) is 15.6 Å². The minimum atomic E-state index is -0.584. The first-order valence-corrected chi connectivity index (χ1v) is 7.65. The van der Waals surface area contributed by atoms with Crippen LogP contribution in [0.15, 0.2) is 54.9 Å². The number of aromatic nitrogens is 2. The molecule has 2 N–H and O–H groups in total. The Morgan fingerprint density at radius 1 is 1.08 bits per heavy atom. The third-order valence-electron chi connectivity index (χ3n) is 3.68. The summed E-state index contributed by atoms with van der Waals surface area (Å²) in [4.78, 5) is 27.4. The van der Waals surface area contributed by atoms with Crippen LogP contribution in [0.3, 0.4) is 0 Å². The van der Waals surface area contributed by atoms with Gasteiger partial charge in [-0.05, 0) is 43.3 Å². The van der Waals surface area contributed by atoms with Crippen LogP contribution in [0.25, 0.3) is 16.7 Å². The van der Waals surface area contributed by atoms with Crippen LogP contribution in [0.2, 0.25) is 0 Å². The molecule has 0 spiro atoms. The number of imidazole rings is 1. The number of hydrogen-bond donors (Lipinski definition) is 2. The first-order valence-electron chi connectivity index (χ1n) is 7.65. The Balaban J connectivity index is 1.76. The molecule has 24 heavy (non-hydrogen) atoms. The zero-order chi connectivity index (χ0) is 17.1. The lowest BCUT2D eigenvalue weighted by Crippen LogP contribution is -2.40. The number of hydrogen-bond acceptors (Lipinski definition) is 3. The topological polar surface area (TPSA) is 76.0 Å². The highest BCUT2D eigenvalue weighted by atomic mass is 16.2. The van der Waals surface area contributed by atoms with Gasteiger partial charge >= 0.3 is 0 Å². The van der Waals surface area contributed by atoms with Gasteiger partial charge in [0.1, 0.15) is 12.4 Å². The number of anilines is 1. The number of nitrogens with one attached hydrogen (secondary N) is 2. The molecule has 3 aromatic rings. The van der Waals surface area contributed by atoms with E-state index in [0.29, 0.717) is 5.69 Å². The van der Waals surface area contributed by atoms with E-state index in [1.165, 1.54) is 6.92 Å². The molecule has 3 rings (SSSR count). The molecule has 0 aliphatic carbocycles. The van der Waals surface area contributed by atoms with E-state index in [-0.39, 0.29) is 11.8 Å². The largest absolute Gasteiger partial charge is 0.345 e. The van der Waals surface area contributed by atoms with E-state index in [0.717, 1.165) is 16.7 Å².